The Hall–Kier alpha value is -2.69. The average Bonchev–Trinajstić information content (AvgIpc) is 3.10. The summed E-state index contributed by atoms with van der Waals surface area (Å²) in [7, 11) is 0. The van der Waals surface area contributed by atoms with Gasteiger partial charge in [-0.25, -0.2) is 0 Å². The molecule has 2 heterocycles. The highest BCUT2D eigenvalue weighted by Crippen LogP contribution is 2.20. The van der Waals surface area contributed by atoms with Crippen molar-refractivity contribution in [3.63, 3.8) is 0 Å². The minimum atomic E-state index is -0.272. The van der Waals surface area contributed by atoms with Crippen LogP contribution in [0.1, 0.15) is 40.6 Å². The van der Waals surface area contributed by atoms with E-state index < -0.39 is 0 Å². The first kappa shape index (κ1) is 15.2. The van der Waals surface area contributed by atoms with Gasteiger partial charge in [0, 0.05) is 36.2 Å². The van der Waals surface area contributed by atoms with Crippen molar-refractivity contribution in [1.82, 2.24) is 4.98 Å². The number of aromatic nitrogens is 1. The van der Waals surface area contributed by atoms with Crippen LogP contribution in [0.5, 0.6) is 0 Å². The lowest BCUT2D eigenvalue weighted by Crippen LogP contribution is -2.19. The second-order valence-electron chi connectivity index (χ2n) is 5.68. The van der Waals surface area contributed by atoms with E-state index in [1.54, 1.807) is 30.5 Å². The highest BCUT2D eigenvalue weighted by Gasteiger charge is 2.15. The Balaban J connectivity index is 1.76. The summed E-state index contributed by atoms with van der Waals surface area (Å²) in [5, 5.41) is 2.80. The molecule has 0 spiro atoms. The highest BCUT2D eigenvalue weighted by molar-refractivity contribution is 6.04. The molecule has 23 heavy (non-hydrogen) atoms. The Kier molecular flexibility index (Phi) is 4.37. The maximum Gasteiger partial charge on any atom is 0.274 e. The van der Waals surface area contributed by atoms with Crippen LogP contribution in [0.15, 0.2) is 42.6 Å². The Bertz CT molecular complexity index is 737. The zero-order valence-corrected chi connectivity index (χ0v) is 13.1. The van der Waals surface area contributed by atoms with Gasteiger partial charge in [0.2, 0.25) is 0 Å². The van der Waals surface area contributed by atoms with Crippen LogP contribution >= 0.6 is 0 Å². The van der Waals surface area contributed by atoms with Crippen molar-refractivity contribution in [3.05, 3.63) is 53.9 Å². The van der Waals surface area contributed by atoms with E-state index in [0.717, 1.165) is 18.8 Å². The van der Waals surface area contributed by atoms with E-state index in [-0.39, 0.29) is 11.7 Å². The summed E-state index contributed by atoms with van der Waals surface area (Å²) in [4.78, 5) is 30.2. The Morgan fingerprint density at radius 3 is 2.65 bits per heavy atom. The quantitative estimate of drug-likeness (QED) is 0.881. The van der Waals surface area contributed by atoms with Crippen LogP contribution in [0.4, 0.5) is 11.4 Å². The van der Waals surface area contributed by atoms with Crippen LogP contribution in [0.2, 0.25) is 0 Å². The summed E-state index contributed by atoms with van der Waals surface area (Å²) >= 11 is 0. The standard InChI is InChI=1S/C18H19N3O2/c1-13(22)14-5-4-6-15(11-14)20-18(23)17-12-16(7-8-19-17)21-9-2-3-10-21/h4-8,11-12H,2-3,9-10H2,1H3,(H,20,23). The first-order valence-corrected chi connectivity index (χ1v) is 7.77. The van der Waals surface area contributed by atoms with Crippen molar-refractivity contribution in [2.24, 2.45) is 0 Å². The molecule has 0 radical (unpaired) electrons. The van der Waals surface area contributed by atoms with Crippen molar-refractivity contribution in [2.45, 2.75) is 19.8 Å². The maximum absolute atomic E-state index is 12.4. The van der Waals surface area contributed by atoms with Gasteiger partial charge in [0.15, 0.2) is 5.78 Å². The number of carbonyl (C=O) groups is 2. The molecule has 5 nitrogen and oxygen atoms in total. The number of hydrogen-bond donors (Lipinski definition) is 1. The van der Waals surface area contributed by atoms with Crippen LogP contribution < -0.4 is 10.2 Å². The average molecular weight is 309 g/mol. The molecule has 118 valence electrons. The molecule has 1 fully saturated rings. The first-order valence-electron chi connectivity index (χ1n) is 7.77. The third kappa shape index (κ3) is 3.56. The lowest BCUT2D eigenvalue weighted by Gasteiger charge is -2.17. The molecule has 1 aliphatic rings. The molecule has 0 atom stereocenters. The van der Waals surface area contributed by atoms with Crippen LogP contribution in [0, 0.1) is 0 Å². The minimum absolute atomic E-state index is 0.0322. The molecular weight excluding hydrogens is 290 g/mol. The van der Waals surface area contributed by atoms with Crippen LogP contribution in [-0.2, 0) is 0 Å². The first-order chi connectivity index (χ1) is 11.1. The number of hydrogen-bond acceptors (Lipinski definition) is 4. The van der Waals surface area contributed by atoms with E-state index in [9.17, 15) is 9.59 Å². The molecular formula is C18H19N3O2. The number of Topliss-reactive ketones (excluding diaryl/α,β-unsaturated/α-hetero) is 1. The third-order valence-corrected chi connectivity index (χ3v) is 3.97. The molecule has 1 aromatic heterocycles. The van der Waals surface area contributed by atoms with Crippen LogP contribution in [0.25, 0.3) is 0 Å². The second kappa shape index (κ2) is 6.60. The van der Waals surface area contributed by atoms with Crippen molar-refractivity contribution in [3.8, 4) is 0 Å². The molecule has 0 unspecified atom stereocenters. The van der Waals surface area contributed by atoms with E-state index in [4.69, 9.17) is 0 Å². The normalized spacial score (nSPS) is 13.9. The van der Waals surface area contributed by atoms with Gasteiger partial charge in [-0.15, -0.1) is 0 Å². The van der Waals surface area contributed by atoms with Crippen LogP contribution in [0.3, 0.4) is 0 Å². The lowest BCUT2D eigenvalue weighted by molar-refractivity contribution is 0.100. The van der Waals surface area contributed by atoms with E-state index >= 15 is 0 Å². The molecule has 1 N–H and O–H groups in total. The molecule has 2 aromatic rings. The molecule has 1 aliphatic heterocycles. The van der Waals surface area contributed by atoms with E-state index in [1.807, 2.05) is 12.1 Å². The monoisotopic (exact) mass is 309 g/mol. The molecule has 5 heteroatoms. The van der Waals surface area contributed by atoms with Gasteiger partial charge >= 0.3 is 0 Å². The van der Waals surface area contributed by atoms with Gasteiger partial charge in [-0.3, -0.25) is 14.6 Å². The van der Waals surface area contributed by atoms with Crippen molar-refractivity contribution in [1.29, 1.82) is 0 Å². The number of benzene rings is 1. The second-order valence-corrected chi connectivity index (χ2v) is 5.68. The van der Waals surface area contributed by atoms with Crippen molar-refractivity contribution >= 4 is 23.1 Å². The molecule has 1 aromatic carbocycles. The van der Waals surface area contributed by atoms with Gasteiger partial charge in [-0.05, 0) is 44.0 Å². The Morgan fingerprint density at radius 1 is 1.13 bits per heavy atom. The zero-order valence-electron chi connectivity index (χ0n) is 13.1. The predicted octanol–water partition coefficient (Wildman–Crippen LogP) is 3.14. The SMILES string of the molecule is CC(=O)c1cccc(NC(=O)c2cc(N3CCCC3)ccn2)c1. The number of nitrogens with zero attached hydrogens (tertiary/aromatic N) is 2. The largest absolute Gasteiger partial charge is 0.371 e. The summed E-state index contributed by atoms with van der Waals surface area (Å²) in [6.45, 7) is 3.54. The van der Waals surface area contributed by atoms with Gasteiger partial charge in [0.05, 0.1) is 0 Å². The number of nitrogens with one attached hydrogen (secondary N) is 1. The summed E-state index contributed by atoms with van der Waals surface area (Å²) in [6.07, 6.45) is 4.03. The number of carbonyl (C=O) groups excluding carboxylic acids is 2. The van der Waals surface area contributed by atoms with Gasteiger partial charge in [-0.2, -0.15) is 0 Å². The van der Waals surface area contributed by atoms with Gasteiger partial charge < -0.3 is 10.2 Å². The molecule has 3 rings (SSSR count). The molecule has 0 saturated carbocycles. The van der Waals surface area contributed by atoms with Crippen LogP contribution in [-0.4, -0.2) is 29.8 Å². The minimum Gasteiger partial charge on any atom is -0.371 e. The van der Waals surface area contributed by atoms with E-state index in [1.165, 1.54) is 19.8 Å². The lowest BCUT2D eigenvalue weighted by atomic mass is 10.1. The van der Waals surface area contributed by atoms with E-state index in [2.05, 4.69) is 15.2 Å². The number of amides is 1. The fourth-order valence-electron chi connectivity index (χ4n) is 2.73. The van der Waals surface area contributed by atoms with Crippen molar-refractivity contribution < 1.29 is 9.59 Å². The van der Waals surface area contributed by atoms with Gasteiger partial charge in [0.1, 0.15) is 5.69 Å². The smallest absolute Gasteiger partial charge is 0.274 e. The summed E-state index contributed by atoms with van der Waals surface area (Å²) in [5.74, 6) is -0.304. The Labute approximate surface area is 135 Å². The maximum atomic E-state index is 12.4. The van der Waals surface area contributed by atoms with Gasteiger partial charge in [0.25, 0.3) is 5.91 Å². The predicted molar refractivity (Wildman–Crippen MR) is 90.1 cm³/mol. The van der Waals surface area contributed by atoms with Crippen molar-refractivity contribution in [2.75, 3.05) is 23.3 Å². The molecule has 1 amide bonds. The summed E-state index contributed by atoms with van der Waals surface area (Å²) < 4.78 is 0. The highest BCUT2D eigenvalue weighted by atomic mass is 16.2. The number of anilines is 2. The third-order valence-electron chi connectivity index (χ3n) is 3.97. The van der Waals surface area contributed by atoms with Gasteiger partial charge in [-0.1, -0.05) is 12.1 Å². The Morgan fingerprint density at radius 2 is 1.91 bits per heavy atom. The zero-order chi connectivity index (χ0) is 16.2. The fraction of sp³-hybridized carbons (Fsp3) is 0.278. The topological polar surface area (TPSA) is 62.3 Å². The summed E-state index contributed by atoms with van der Waals surface area (Å²) in [6, 6.07) is 10.7. The molecule has 1 saturated heterocycles. The number of ketones is 1. The van der Waals surface area contributed by atoms with E-state index in [0.29, 0.717) is 16.9 Å². The fourth-order valence-corrected chi connectivity index (χ4v) is 2.73. The molecule has 0 bridgehead atoms. The number of pyridine rings is 1. The molecule has 0 aliphatic carbocycles. The summed E-state index contributed by atoms with van der Waals surface area (Å²) in [5.41, 5.74) is 2.57. The number of rotatable bonds is 4.